The Balaban J connectivity index is 3.39. The average molecular weight is 304 g/mol. The number of nitro groups is 1. The number of rotatable bonds is 1. The van der Waals surface area contributed by atoms with Gasteiger partial charge >= 0.3 is 6.18 Å². The van der Waals surface area contributed by atoms with E-state index >= 15 is 0 Å². The Morgan fingerprint density at radius 1 is 1.40 bits per heavy atom. The van der Waals surface area contributed by atoms with Crippen molar-refractivity contribution in [3.63, 3.8) is 0 Å². The molecule has 0 amide bonds. The molecule has 0 atom stereocenters. The molecule has 0 heterocycles. The van der Waals surface area contributed by atoms with Crippen molar-refractivity contribution in [2.45, 2.75) is 6.18 Å². The fourth-order valence-corrected chi connectivity index (χ4v) is 1.65. The highest BCUT2D eigenvalue weighted by Crippen LogP contribution is 2.39. The van der Waals surface area contributed by atoms with Gasteiger partial charge in [0.15, 0.2) is 0 Å². The SMILES string of the molecule is O=[N+]([O-])c1cc(Cl)c(C(F)(F)F)cc1Br. The van der Waals surface area contributed by atoms with Gasteiger partial charge in [-0.05, 0) is 22.0 Å². The van der Waals surface area contributed by atoms with E-state index in [0.717, 1.165) is 0 Å². The molecule has 1 rings (SSSR count). The van der Waals surface area contributed by atoms with Gasteiger partial charge in [0.25, 0.3) is 5.69 Å². The van der Waals surface area contributed by atoms with Gasteiger partial charge in [-0.25, -0.2) is 0 Å². The third-order valence-electron chi connectivity index (χ3n) is 1.54. The van der Waals surface area contributed by atoms with Gasteiger partial charge in [-0.1, -0.05) is 11.6 Å². The summed E-state index contributed by atoms with van der Waals surface area (Å²) in [6, 6.07) is 1.24. The molecule has 0 spiro atoms. The molecule has 82 valence electrons. The molecule has 0 unspecified atom stereocenters. The zero-order valence-corrected chi connectivity index (χ0v) is 9.15. The molecule has 1 aromatic rings. The molecule has 1 aromatic carbocycles. The van der Waals surface area contributed by atoms with Crippen molar-refractivity contribution in [2.75, 3.05) is 0 Å². The van der Waals surface area contributed by atoms with Crippen LogP contribution in [0.25, 0.3) is 0 Å². The Morgan fingerprint density at radius 2 is 1.93 bits per heavy atom. The number of alkyl halides is 3. The zero-order valence-electron chi connectivity index (χ0n) is 6.81. The number of nitro benzene ring substituents is 1. The van der Waals surface area contributed by atoms with E-state index in [0.29, 0.717) is 12.1 Å². The van der Waals surface area contributed by atoms with Crippen LogP contribution in [0.1, 0.15) is 5.56 Å². The van der Waals surface area contributed by atoms with Crippen LogP contribution in [0.2, 0.25) is 5.02 Å². The number of nitrogens with zero attached hydrogens (tertiary/aromatic N) is 1. The zero-order chi connectivity index (χ0) is 11.8. The number of hydrogen-bond acceptors (Lipinski definition) is 2. The van der Waals surface area contributed by atoms with Gasteiger partial charge in [0.05, 0.1) is 20.0 Å². The highest BCUT2D eigenvalue weighted by atomic mass is 79.9. The first-order valence-electron chi connectivity index (χ1n) is 3.44. The van der Waals surface area contributed by atoms with E-state index < -0.39 is 27.4 Å². The Labute approximate surface area is 95.1 Å². The van der Waals surface area contributed by atoms with E-state index in [9.17, 15) is 23.3 Å². The first kappa shape index (κ1) is 12.3. The van der Waals surface area contributed by atoms with Crippen molar-refractivity contribution in [3.05, 3.63) is 37.3 Å². The molecule has 0 aliphatic heterocycles. The van der Waals surface area contributed by atoms with Gasteiger partial charge < -0.3 is 0 Å². The van der Waals surface area contributed by atoms with Crippen LogP contribution in [0.5, 0.6) is 0 Å². The summed E-state index contributed by atoms with van der Waals surface area (Å²) in [5.74, 6) is 0. The molecule has 0 radical (unpaired) electrons. The summed E-state index contributed by atoms with van der Waals surface area (Å²) in [4.78, 5) is 9.55. The molecule has 0 saturated carbocycles. The van der Waals surface area contributed by atoms with E-state index in [1.54, 1.807) is 0 Å². The topological polar surface area (TPSA) is 43.1 Å². The average Bonchev–Trinajstić information content (AvgIpc) is 2.06. The quantitative estimate of drug-likeness (QED) is 0.581. The van der Waals surface area contributed by atoms with Crippen LogP contribution >= 0.6 is 27.5 Å². The van der Waals surface area contributed by atoms with Gasteiger partial charge in [-0.15, -0.1) is 0 Å². The van der Waals surface area contributed by atoms with Crippen LogP contribution in [0.4, 0.5) is 18.9 Å². The third-order valence-corrected chi connectivity index (χ3v) is 2.49. The second-order valence-corrected chi connectivity index (χ2v) is 3.80. The lowest BCUT2D eigenvalue weighted by Crippen LogP contribution is -2.06. The molecule has 0 bridgehead atoms. The van der Waals surface area contributed by atoms with Crippen molar-refractivity contribution in [1.82, 2.24) is 0 Å². The van der Waals surface area contributed by atoms with Gasteiger partial charge in [0.2, 0.25) is 0 Å². The van der Waals surface area contributed by atoms with Crippen LogP contribution < -0.4 is 0 Å². The molecular weight excluding hydrogens is 302 g/mol. The molecule has 0 aliphatic carbocycles. The summed E-state index contributed by atoms with van der Waals surface area (Å²) in [7, 11) is 0. The van der Waals surface area contributed by atoms with E-state index in [2.05, 4.69) is 15.9 Å². The van der Waals surface area contributed by atoms with Crippen molar-refractivity contribution < 1.29 is 18.1 Å². The predicted octanol–water partition coefficient (Wildman–Crippen LogP) is 4.03. The van der Waals surface area contributed by atoms with Crippen LogP contribution in [0, 0.1) is 10.1 Å². The normalized spacial score (nSPS) is 11.5. The van der Waals surface area contributed by atoms with E-state index in [4.69, 9.17) is 11.6 Å². The first-order valence-corrected chi connectivity index (χ1v) is 4.61. The van der Waals surface area contributed by atoms with Crippen molar-refractivity contribution >= 4 is 33.2 Å². The second-order valence-electron chi connectivity index (χ2n) is 2.54. The minimum atomic E-state index is -4.63. The van der Waals surface area contributed by atoms with Gasteiger partial charge in [0.1, 0.15) is 0 Å². The second kappa shape index (κ2) is 3.97. The maximum atomic E-state index is 12.3. The monoisotopic (exact) mass is 303 g/mol. The summed E-state index contributed by atoms with van der Waals surface area (Å²) < 4.78 is 36.6. The van der Waals surface area contributed by atoms with Crippen molar-refractivity contribution in [3.8, 4) is 0 Å². The third kappa shape index (κ3) is 2.60. The van der Waals surface area contributed by atoms with Gasteiger partial charge in [0, 0.05) is 6.07 Å². The number of hydrogen-bond donors (Lipinski definition) is 0. The molecule has 0 N–H and O–H groups in total. The largest absolute Gasteiger partial charge is 0.417 e. The van der Waals surface area contributed by atoms with Gasteiger partial charge in [-0.2, -0.15) is 13.2 Å². The van der Waals surface area contributed by atoms with Crippen molar-refractivity contribution in [2.24, 2.45) is 0 Å². The summed E-state index contributed by atoms with van der Waals surface area (Å²) in [6.07, 6.45) is -4.63. The van der Waals surface area contributed by atoms with Crippen LogP contribution in [-0.4, -0.2) is 4.92 Å². The lowest BCUT2D eigenvalue weighted by molar-refractivity contribution is -0.385. The molecular formula is C7H2BrClF3NO2. The highest BCUT2D eigenvalue weighted by Gasteiger charge is 2.35. The minimum absolute atomic E-state index is 0.260. The highest BCUT2D eigenvalue weighted by molar-refractivity contribution is 9.10. The standard InChI is InChI=1S/C7H2BrClF3NO2/c8-4-1-3(7(10,11)12)5(9)2-6(4)13(14)15/h1-2H. The molecule has 15 heavy (non-hydrogen) atoms. The van der Waals surface area contributed by atoms with E-state index in [1.165, 1.54) is 0 Å². The Hall–Kier alpha value is -0.820. The molecule has 0 saturated heterocycles. The molecule has 3 nitrogen and oxygen atoms in total. The molecule has 0 aliphatic rings. The maximum Gasteiger partial charge on any atom is 0.417 e. The summed E-state index contributed by atoms with van der Waals surface area (Å²) in [5.41, 5.74) is -1.62. The van der Waals surface area contributed by atoms with Crippen LogP contribution in [-0.2, 0) is 6.18 Å². The lowest BCUT2D eigenvalue weighted by Gasteiger charge is -2.08. The van der Waals surface area contributed by atoms with Crippen molar-refractivity contribution in [1.29, 1.82) is 0 Å². The van der Waals surface area contributed by atoms with Crippen LogP contribution in [0.15, 0.2) is 16.6 Å². The Bertz CT molecular complexity index is 421. The summed E-state index contributed by atoms with van der Waals surface area (Å²) in [6.45, 7) is 0. The number of benzene rings is 1. The minimum Gasteiger partial charge on any atom is -0.258 e. The Kier molecular flexibility index (Phi) is 3.25. The van der Waals surface area contributed by atoms with E-state index in [-0.39, 0.29) is 4.47 Å². The Morgan fingerprint density at radius 3 is 2.33 bits per heavy atom. The fourth-order valence-electron chi connectivity index (χ4n) is 0.893. The lowest BCUT2D eigenvalue weighted by atomic mass is 10.2. The molecule has 0 fully saturated rings. The van der Waals surface area contributed by atoms with Gasteiger partial charge in [-0.3, -0.25) is 10.1 Å². The number of halogens is 5. The van der Waals surface area contributed by atoms with Crippen LogP contribution in [0.3, 0.4) is 0 Å². The fraction of sp³-hybridized carbons (Fsp3) is 0.143. The smallest absolute Gasteiger partial charge is 0.258 e. The molecule has 0 aromatic heterocycles. The predicted molar refractivity (Wildman–Crippen MR) is 50.8 cm³/mol. The molecule has 8 heteroatoms. The van der Waals surface area contributed by atoms with E-state index in [1.807, 2.05) is 0 Å². The summed E-state index contributed by atoms with van der Waals surface area (Å²) >= 11 is 7.96. The summed E-state index contributed by atoms with van der Waals surface area (Å²) in [5, 5.41) is 9.67. The maximum absolute atomic E-state index is 12.3. The first-order chi connectivity index (χ1) is 6.73.